The van der Waals surface area contributed by atoms with Gasteiger partial charge in [0.25, 0.3) is 0 Å². The Kier molecular flexibility index (Phi) is 8.47. The van der Waals surface area contributed by atoms with Gasteiger partial charge in [-0.25, -0.2) is 4.98 Å². The number of aryl methyl sites for hydroxylation is 1. The lowest BCUT2D eigenvalue weighted by molar-refractivity contribution is 0.461. The molecule has 0 aliphatic rings. The monoisotopic (exact) mass is 420 g/mol. The number of nitrogens with one attached hydrogen (secondary N) is 2. The number of rotatable bonds is 9. The predicted molar refractivity (Wildman–Crippen MR) is 113 cm³/mol. The minimum Gasteiger partial charge on any atom is -0.370 e. The zero-order valence-corrected chi connectivity index (χ0v) is 17.5. The van der Waals surface area contributed by atoms with E-state index in [1.807, 2.05) is 18.2 Å². The number of aliphatic imine (C=N–C) groups is 1. The summed E-state index contributed by atoms with van der Waals surface area (Å²) in [7, 11) is 4.14. The van der Waals surface area contributed by atoms with Gasteiger partial charge >= 0.3 is 0 Å². The summed E-state index contributed by atoms with van der Waals surface area (Å²) in [5.74, 6) is 1.88. The molecule has 0 amide bonds. The van der Waals surface area contributed by atoms with E-state index in [0.717, 1.165) is 55.3 Å². The van der Waals surface area contributed by atoms with Crippen LogP contribution in [0, 0.1) is 0 Å². The van der Waals surface area contributed by atoms with Crippen LogP contribution in [0.2, 0.25) is 0 Å². The molecular weight excluding hydrogens is 392 g/mol. The maximum Gasteiger partial charge on any atom is 0.194 e. The third-order valence-electron chi connectivity index (χ3n) is 3.99. The molecule has 0 saturated heterocycles. The second-order valence-corrected chi connectivity index (χ2v) is 7.12. The summed E-state index contributed by atoms with van der Waals surface area (Å²) in [5, 5.41) is 6.70. The van der Waals surface area contributed by atoms with Crippen LogP contribution < -0.4 is 10.6 Å². The lowest BCUT2D eigenvalue weighted by Gasteiger charge is -2.22. The molecular formula is C19H29BrN6. The van der Waals surface area contributed by atoms with E-state index < -0.39 is 0 Å². The molecule has 2 aromatic heterocycles. The van der Waals surface area contributed by atoms with Gasteiger partial charge in [-0.15, -0.1) is 0 Å². The van der Waals surface area contributed by atoms with Crippen molar-refractivity contribution < 1.29 is 0 Å². The van der Waals surface area contributed by atoms with Crippen LogP contribution in [0.1, 0.15) is 25.5 Å². The zero-order valence-electron chi connectivity index (χ0n) is 15.9. The summed E-state index contributed by atoms with van der Waals surface area (Å²) in [6.07, 6.45) is 5.98. The van der Waals surface area contributed by atoms with Crippen LogP contribution in [0.3, 0.4) is 0 Å². The van der Waals surface area contributed by atoms with Crippen LogP contribution in [-0.4, -0.2) is 47.1 Å². The number of unbranched alkanes of at least 4 members (excludes halogenated alkanes) is 1. The minimum absolute atomic E-state index is 0.813. The van der Waals surface area contributed by atoms with Gasteiger partial charge in [0, 0.05) is 56.3 Å². The largest absolute Gasteiger partial charge is 0.370 e. The van der Waals surface area contributed by atoms with Gasteiger partial charge in [0.15, 0.2) is 5.96 Å². The number of hydrogen-bond donors (Lipinski definition) is 2. The fourth-order valence-electron chi connectivity index (χ4n) is 2.62. The molecule has 0 aromatic carbocycles. The Morgan fingerprint density at radius 3 is 2.85 bits per heavy atom. The summed E-state index contributed by atoms with van der Waals surface area (Å²) < 4.78 is 3.23. The fraction of sp³-hybridized carbons (Fsp3) is 0.474. The molecule has 2 aromatic rings. The molecule has 0 aliphatic heterocycles. The first kappa shape index (κ1) is 20.3. The molecule has 0 saturated carbocycles. The van der Waals surface area contributed by atoms with E-state index in [1.165, 1.54) is 5.69 Å². The van der Waals surface area contributed by atoms with Gasteiger partial charge in [-0.1, -0.05) is 6.07 Å². The minimum atomic E-state index is 0.813. The molecule has 0 bridgehead atoms. The molecule has 7 heteroatoms. The molecule has 142 valence electrons. The third kappa shape index (κ3) is 6.71. The van der Waals surface area contributed by atoms with Crippen LogP contribution in [0.25, 0.3) is 0 Å². The number of pyridine rings is 1. The maximum absolute atomic E-state index is 4.76. The average molecular weight is 421 g/mol. The SMILES string of the molecule is CCNC(=NCCCCNc1ccccn1)N(C)Cc1cc(Br)cn1C. The van der Waals surface area contributed by atoms with E-state index >= 15 is 0 Å². The molecule has 2 N–H and O–H groups in total. The lowest BCUT2D eigenvalue weighted by atomic mass is 10.3. The van der Waals surface area contributed by atoms with E-state index in [2.05, 4.69) is 74.3 Å². The van der Waals surface area contributed by atoms with E-state index in [-0.39, 0.29) is 0 Å². The average Bonchev–Trinajstić information content (AvgIpc) is 2.94. The highest BCUT2D eigenvalue weighted by Gasteiger charge is 2.09. The van der Waals surface area contributed by atoms with Crippen LogP contribution >= 0.6 is 15.9 Å². The predicted octanol–water partition coefficient (Wildman–Crippen LogP) is 3.47. The molecule has 2 heterocycles. The summed E-state index contributed by atoms with van der Waals surface area (Å²) in [6, 6.07) is 8.04. The molecule has 2 rings (SSSR count). The number of anilines is 1. The number of hydrogen-bond acceptors (Lipinski definition) is 3. The Morgan fingerprint density at radius 2 is 2.19 bits per heavy atom. The number of guanidine groups is 1. The second-order valence-electron chi connectivity index (χ2n) is 6.20. The van der Waals surface area contributed by atoms with Gasteiger partial charge in [0.1, 0.15) is 5.82 Å². The normalized spacial score (nSPS) is 11.5. The Morgan fingerprint density at radius 1 is 1.35 bits per heavy atom. The second kappa shape index (κ2) is 10.9. The van der Waals surface area contributed by atoms with E-state index in [1.54, 1.807) is 6.20 Å². The molecule has 0 spiro atoms. The molecule has 0 aliphatic carbocycles. The van der Waals surface area contributed by atoms with Gasteiger partial charge in [-0.3, -0.25) is 4.99 Å². The van der Waals surface area contributed by atoms with Gasteiger partial charge < -0.3 is 20.1 Å². The highest BCUT2D eigenvalue weighted by atomic mass is 79.9. The van der Waals surface area contributed by atoms with Crippen molar-refractivity contribution in [2.24, 2.45) is 12.0 Å². The first-order valence-corrected chi connectivity index (χ1v) is 9.84. The Labute approximate surface area is 164 Å². The number of nitrogens with zero attached hydrogens (tertiary/aromatic N) is 4. The van der Waals surface area contributed by atoms with Gasteiger partial charge in [0.05, 0.1) is 6.54 Å². The summed E-state index contributed by atoms with van der Waals surface area (Å²) >= 11 is 3.53. The molecule has 6 nitrogen and oxygen atoms in total. The quantitative estimate of drug-likeness (QED) is 0.370. The molecule has 0 radical (unpaired) electrons. The fourth-order valence-corrected chi connectivity index (χ4v) is 3.19. The van der Waals surface area contributed by atoms with Crippen LogP contribution in [0.15, 0.2) is 46.1 Å². The smallest absolute Gasteiger partial charge is 0.194 e. The van der Waals surface area contributed by atoms with Crippen molar-refractivity contribution >= 4 is 27.7 Å². The Hall–Kier alpha value is -2.02. The van der Waals surface area contributed by atoms with Crippen molar-refractivity contribution in [3.8, 4) is 0 Å². The standard InChI is InChI=1S/C19H29BrN6/c1-4-21-19(26(3)15-17-13-16(20)14-25(17)2)24-12-8-7-11-23-18-9-5-6-10-22-18/h5-6,9-10,13-14H,4,7-8,11-12,15H2,1-3H3,(H,21,24)(H,22,23). The summed E-state index contributed by atoms with van der Waals surface area (Å²) in [5.41, 5.74) is 1.24. The maximum atomic E-state index is 4.76. The van der Waals surface area contributed by atoms with Crippen molar-refractivity contribution in [1.29, 1.82) is 0 Å². The van der Waals surface area contributed by atoms with Crippen LogP contribution in [0.4, 0.5) is 5.82 Å². The Bertz CT molecular complexity index is 683. The molecule has 0 atom stereocenters. The van der Waals surface area contributed by atoms with Crippen molar-refractivity contribution in [3.63, 3.8) is 0 Å². The first-order chi connectivity index (χ1) is 12.6. The third-order valence-corrected chi connectivity index (χ3v) is 4.42. The topological polar surface area (TPSA) is 57.5 Å². The van der Waals surface area contributed by atoms with Crippen LogP contribution in [-0.2, 0) is 13.6 Å². The highest BCUT2D eigenvalue weighted by molar-refractivity contribution is 9.10. The molecule has 0 fully saturated rings. The molecule has 0 unspecified atom stereocenters. The summed E-state index contributed by atoms with van der Waals surface area (Å²) in [4.78, 5) is 11.2. The van der Waals surface area contributed by atoms with Crippen molar-refractivity contribution in [2.75, 3.05) is 32.0 Å². The lowest BCUT2D eigenvalue weighted by Crippen LogP contribution is -2.38. The van der Waals surface area contributed by atoms with Crippen LogP contribution in [0.5, 0.6) is 0 Å². The van der Waals surface area contributed by atoms with E-state index in [9.17, 15) is 0 Å². The van der Waals surface area contributed by atoms with Crippen molar-refractivity contribution in [2.45, 2.75) is 26.3 Å². The first-order valence-electron chi connectivity index (χ1n) is 9.05. The van der Waals surface area contributed by atoms with E-state index in [4.69, 9.17) is 4.99 Å². The highest BCUT2D eigenvalue weighted by Crippen LogP contribution is 2.15. The summed E-state index contributed by atoms with van der Waals surface area (Å²) in [6.45, 7) is 5.50. The molecule has 26 heavy (non-hydrogen) atoms. The van der Waals surface area contributed by atoms with Gasteiger partial charge in [-0.05, 0) is 53.9 Å². The van der Waals surface area contributed by atoms with Gasteiger partial charge in [-0.2, -0.15) is 0 Å². The Balaban J connectivity index is 1.77. The number of halogens is 1. The van der Waals surface area contributed by atoms with Crippen molar-refractivity contribution in [3.05, 3.63) is 46.8 Å². The van der Waals surface area contributed by atoms with Gasteiger partial charge in [0.2, 0.25) is 0 Å². The number of aromatic nitrogens is 2. The van der Waals surface area contributed by atoms with Crippen molar-refractivity contribution in [1.82, 2.24) is 19.8 Å². The zero-order chi connectivity index (χ0) is 18.8. The van der Waals surface area contributed by atoms with E-state index in [0.29, 0.717) is 0 Å².